The Balaban J connectivity index is 1.25. The molecule has 2 fully saturated rings. The number of likely N-dealkylation sites (tertiary alicyclic amines) is 1. The van der Waals surface area contributed by atoms with E-state index in [9.17, 15) is 9.90 Å². The number of phenols is 1. The molecule has 1 saturated heterocycles. The largest absolute Gasteiger partial charge is 0.508 e. The fraction of sp³-hybridized carbons (Fsp3) is 0.500. The lowest BCUT2D eigenvalue weighted by atomic mass is 9.85. The van der Waals surface area contributed by atoms with E-state index in [1.807, 2.05) is 12.1 Å². The minimum Gasteiger partial charge on any atom is -0.508 e. The summed E-state index contributed by atoms with van der Waals surface area (Å²) in [5.74, 6) is 2.20. The van der Waals surface area contributed by atoms with Crippen LogP contribution < -0.4 is 0 Å². The Kier molecular flexibility index (Phi) is 4.85. The van der Waals surface area contributed by atoms with Gasteiger partial charge < -0.3 is 10.0 Å². The summed E-state index contributed by atoms with van der Waals surface area (Å²) in [7, 11) is 0. The molecule has 0 spiro atoms. The number of carbonyl (C=O) groups excluding carboxylic acids is 1. The van der Waals surface area contributed by atoms with Crippen molar-refractivity contribution in [3.63, 3.8) is 0 Å². The summed E-state index contributed by atoms with van der Waals surface area (Å²) in [6, 6.07) is 12.9. The number of nitrogens with zero attached hydrogens (tertiary/aromatic N) is 1. The number of aryl methyl sites for hydroxylation is 2. The van der Waals surface area contributed by atoms with Crippen molar-refractivity contribution >= 4 is 5.91 Å². The van der Waals surface area contributed by atoms with E-state index < -0.39 is 0 Å². The summed E-state index contributed by atoms with van der Waals surface area (Å²) in [6.45, 7) is 4.06. The van der Waals surface area contributed by atoms with Crippen molar-refractivity contribution in [2.45, 2.75) is 63.7 Å². The molecule has 3 heteroatoms. The first-order valence-electron chi connectivity index (χ1n) is 11.3. The molecule has 3 nitrogen and oxygen atoms in total. The van der Waals surface area contributed by atoms with Gasteiger partial charge in [-0.3, -0.25) is 4.79 Å². The van der Waals surface area contributed by atoms with E-state index in [4.69, 9.17) is 0 Å². The Hall–Kier alpha value is -2.29. The quantitative estimate of drug-likeness (QED) is 0.791. The van der Waals surface area contributed by atoms with Crippen LogP contribution in [-0.4, -0.2) is 29.0 Å². The van der Waals surface area contributed by atoms with Gasteiger partial charge in [0.15, 0.2) is 0 Å². The monoisotopic (exact) mass is 389 g/mol. The van der Waals surface area contributed by atoms with Gasteiger partial charge in [-0.2, -0.15) is 0 Å². The van der Waals surface area contributed by atoms with E-state index in [0.717, 1.165) is 58.0 Å². The molecule has 1 heterocycles. The molecule has 2 aliphatic carbocycles. The molecule has 1 atom stereocenters. The highest BCUT2D eigenvalue weighted by Crippen LogP contribution is 2.41. The van der Waals surface area contributed by atoms with E-state index in [1.54, 1.807) is 0 Å². The molecule has 152 valence electrons. The van der Waals surface area contributed by atoms with Gasteiger partial charge in [0.2, 0.25) is 5.91 Å². The lowest BCUT2D eigenvalue weighted by Crippen LogP contribution is -2.38. The van der Waals surface area contributed by atoms with Crippen LogP contribution in [-0.2, 0) is 17.6 Å². The molecule has 2 aromatic carbocycles. The van der Waals surface area contributed by atoms with Crippen molar-refractivity contribution in [2.24, 2.45) is 5.92 Å². The van der Waals surface area contributed by atoms with Crippen molar-refractivity contribution in [1.29, 1.82) is 0 Å². The van der Waals surface area contributed by atoms with Crippen LogP contribution >= 0.6 is 0 Å². The molecule has 0 bridgehead atoms. The summed E-state index contributed by atoms with van der Waals surface area (Å²) in [4.78, 5) is 14.4. The number of hydrogen-bond acceptors (Lipinski definition) is 2. The maximum atomic E-state index is 12.3. The maximum Gasteiger partial charge on any atom is 0.225 e. The number of benzene rings is 2. The van der Waals surface area contributed by atoms with Gasteiger partial charge in [-0.1, -0.05) is 30.3 Å². The zero-order chi connectivity index (χ0) is 20.0. The summed E-state index contributed by atoms with van der Waals surface area (Å²) in [6.07, 6.45) is 7.57. The van der Waals surface area contributed by atoms with Crippen molar-refractivity contribution in [1.82, 2.24) is 4.90 Å². The minimum atomic E-state index is 0.341. The van der Waals surface area contributed by atoms with Crippen LogP contribution in [0.5, 0.6) is 5.75 Å². The van der Waals surface area contributed by atoms with Gasteiger partial charge in [0, 0.05) is 24.6 Å². The third-order valence-corrected chi connectivity index (χ3v) is 7.38. The summed E-state index contributed by atoms with van der Waals surface area (Å²) in [5, 5.41) is 10.3. The number of aromatic hydroxyl groups is 1. The molecule has 1 unspecified atom stereocenters. The second-order valence-corrected chi connectivity index (χ2v) is 9.35. The number of hydrogen-bond donors (Lipinski definition) is 1. The Labute approximate surface area is 173 Å². The third-order valence-electron chi connectivity index (χ3n) is 7.38. The van der Waals surface area contributed by atoms with E-state index in [0.29, 0.717) is 29.4 Å². The first-order chi connectivity index (χ1) is 14.1. The van der Waals surface area contributed by atoms with Crippen LogP contribution in [0.15, 0.2) is 36.4 Å². The predicted octanol–water partition coefficient (Wildman–Crippen LogP) is 5.09. The van der Waals surface area contributed by atoms with Crippen molar-refractivity contribution < 1.29 is 9.90 Å². The van der Waals surface area contributed by atoms with Gasteiger partial charge in [-0.15, -0.1) is 0 Å². The van der Waals surface area contributed by atoms with Crippen molar-refractivity contribution in [3.8, 4) is 5.75 Å². The average Bonchev–Trinajstić information content (AvgIpc) is 3.50. The average molecular weight is 390 g/mol. The van der Waals surface area contributed by atoms with Gasteiger partial charge >= 0.3 is 0 Å². The van der Waals surface area contributed by atoms with E-state index in [1.165, 1.54) is 27.8 Å². The molecule has 1 saturated carbocycles. The maximum absolute atomic E-state index is 12.3. The summed E-state index contributed by atoms with van der Waals surface area (Å²) < 4.78 is 0. The van der Waals surface area contributed by atoms with Gasteiger partial charge in [0.25, 0.3) is 0 Å². The minimum absolute atomic E-state index is 0.341. The molecule has 1 amide bonds. The second kappa shape index (κ2) is 7.51. The molecular weight excluding hydrogens is 358 g/mol. The van der Waals surface area contributed by atoms with Crippen molar-refractivity contribution in [2.75, 3.05) is 13.1 Å². The molecule has 2 aromatic rings. The molecule has 5 rings (SSSR count). The smallest absolute Gasteiger partial charge is 0.225 e. The number of phenolic OH excluding ortho intramolecular Hbond substituents is 1. The summed E-state index contributed by atoms with van der Waals surface area (Å²) in [5.41, 5.74) is 6.68. The molecule has 3 aliphatic rings. The lowest BCUT2D eigenvalue weighted by molar-refractivity contribution is -0.133. The molecule has 1 N–H and O–H groups in total. The summed E-state index contributed by atoms with van der Waals surface area (Å²) >= 11 is 0. The lowest BCUT2D eigenvalue weighted by Gasteiger charge is -2.32. The first kappa shape index (κ1) is 18.7. The second-order valence-electron chi connectivity index (χ2n) is 9.35. The molecule has 0 aromatic heterocycles. The topological polar surface area (TPSA) is 40.5 Å². The Morgan fingerprint density at radius 1 is 1.07 bits per heavy atom. The fourth-order valence-corrected chi connectivity index (χ4v) is 5.46. The van der Waals surface area contributed by atoms with Crippen LogP contribution in [0.4, 0.5) is 0 Å². The SMILES string of the molecule is Cc1cc(C2CCN(C(=O)C3CC3)CC2)ccc1CC1CCc2cccc(O)c21. The first-order valence-corrected chi connectivity index (χ1v) is 11.3. The number of rotatable bonds is 4. The third kappa shape index (κ3) is 3.68. The van der Waals surface area contributed by atoms with Crippen LogP contribution in [0.2, 0.25) is 0 Å². The number of fused-ring (bicyclic) bond motifs is 1. The number of amides is 1. The Bertz CT molecular complexity index is 922. The highest BCUT2D eigenvalue weighted by Gasteiger charge is 2.35. The molecule has 1 aliphatic heterocycles. The zero-order valence-electron chi connectivity index (χ0n) is 17.4. The molecule has 29 heavy (non-hydrogen) atoms. The van der Waals surface area contributed by atoms with Gasteiger partial charge in [-0.05, 0) is 92.0 Å². The number of piperidine rings is 1. The standard InChI is InChI=1S/C26H31NO2/c1-17-15-22(18-11-13-27(14-12-18)26(29)20-6-7-20)9-8-21(17)16-23-10-5-19-3-2-4-24(28)25(19)23/h2-4,8-9,15,18,20,23,28H,5-7,10-14,16H2,1H3. The van der Waals surface area contributed by atoms with Gasteiger partial charge in [0.1, 0.15) is 5.75 Å². The van der Waals surface area contributed by atoms with Crippen LogP contribution in [0, 0.1) is 12.8 Å². The van der Waals surface area contributed by atoms with Gasteiger partial charge in [-0.25, -0.2) is 0 Å². The fourth-order valence-electron chi connectivity index (χ4n) is 5.46. The van der Waals surface area contributed by atoms with E-state index in [-0.39, 0.29) is 0 Å². The number of carbonyl (C=O) groups is 1. The highest BCUT2D eigenvalue weighted by atomic mass is 16.3. The Morgan fingerprint density at radius 2 is 1.86 bits per heavy atom. The van der Waals surface area contributed by atoms with Crippen molar-refractivity contribution in [3.05, 3.63) is 64.2 Å². The van der Waals surface area contributed by atoms with Crippen LogP contribution in [0.25, 0.3) is 0 Å². The van der Waals surface area contributed by atoms with E-state index in [2.05, 4.69) is 36.1 Å². The van der Waals surface area contributed by atoms with Crippen LogP contribution in [0.3, 0.4) is 0 Å². The molecular formula is C26H31NO2. The van der Waals surface area contributed by atoms with E-state index >= 15 is 0 Å². The normalized spacial score (nSPS) is 22.0. The molecule has 0 radical (unpaired) electrons. The predicted molar refractivity (Wildman–Crippen MR) is 115 cm³/mol. The van der Waals surface area contributed by atoms with Crippen LogP contribution in [0.1, 0.15) is 71.8 Å². The zero-order valence-corrected chi connectivity index (χ0v) is 17.4. The highest BCUT2D eigenvalue weighted by molar-refractivity contribution is 5.81. The Morgan fingerprint density at radius 3 is 2.59 bits per heavy atom. The van der Waals surface area contributed by atoms with Gasteiger partial charge in [0.05, 0.1) is 0 Å².